The molecule has 11 heteroatoms. The van der Waals surface area contributed by atoms with Gasteiger partial charge in [-0.15, -0.1) is 90.7 Å². The van der Waals surface area contributed by atoms with Gasteiger partial charge in [0.05, 0.1) is 5.69 Å². The van der Waals surface area contributed by atoms with Gasteiger partial charge in [-0.3, -0.25) is 9.59 Å². The smallest absolute Gasteiger partial charge is 0.266 e. The van der Waals surface area contributed by atoms with Gasteiger partial charge >= 0.3 is 0 Å². The maximum Gasteiger partial charge on any atom is 0.266 e. The zero-order valence-corrected chi connectivity index (χ0v) is 84.1. The average Bonchev–Trinajstić information content (AvgIpc) is 1.68. The molecule has 3 nitrogen and oxygen atoms in total. The van der Waals surface area contributed by atoms with Gasteiger partial charge in [0.25, 0.3) is 11.8 Å². The van der Waals surface area contributed by atoms with Crippen molar-refractivity contribution in [2.45, 2.75) is 352 Å². The van der Waals surface area contributed by atoms with Crippen LogP contribution < -0.4 is 4.90 Å². The average molecular weight is 1810 g/mol. The largest absolute Gasteiger partial charge is 0.268 e. The number of thiophene rings is 8. The molecule has 125 heavy (non-hydrogen) atoms. The van der Waals surface area contributed by atoms with Gasteiger partial charge in [0.1, 0.15) is 0 Å². The Morgan fingerprint density at radius 3 is 0.832 bits per heavy atom. The van der Waals surface area contributed by atoms with Crippen molar-refractivity contribution < 1.29 is 9.59 Å². The first kappa shape index (κ1) is 93.1. The molecule has 0 bridgehead atoms. The van der Waals surface area contributed by atoms with Crippen molar-refractivity contribution in [3.63, 3.8) is 0 Å². The van der Waals surface area contributed by atoms with Crippen molar-refractivity contribution in [1.29, 1.82) is 0 Å². The Bertz CT molecular complexity index is 5820. The van der Waals surface area contributed by atoms with E-state index < -0.39 is 0 Å². The molecule has 15 rings (SSSR count). The molecule has 0 saturated heterocycles. The standard InChI is InChI=1S/C114H139NO2S8/c1-13-21-29-37-47-76-65-66-118-106(76)94-68-78(49-39-31-23-15-3)108(120-94)96-70-80(51-41-33-25-17-5)110(122-96)98-72-82(53-43-35-27-19-7)112(124-98)100-73-83(54-44-36-28-20-8)111(125-100)99-71-81(52-42-34-26-18-6)109(123-99)97-69-79(50-40-32-24-16-4)107(121-97)95-67-77(48-38-30-22-14-2)105(119-95)91-62-59-88-90-61-64-93-103-92(63-60-89(102(90)103)86-57-46-58-87(91)101(86)88)113(116)115(114(93)117)104-84(74(9)10)55-45-56-85(104)75(11)12/h45-46,55-75H,13-44,47-54H2,1-12H3. The number of aryl methyl sites for hydroxylation is 8. The summed E-state index contributed by atoms with van der Waals surface area (Å²) in [5.41, 5.74) is 17.7. The number of benzene rings is 6. The summed E-state index contributed by atoms with van der Waals surface area (Å²) < 4.78 is 0. The zero-order valence-electron chi connectivity index (χ0n) is 77.6. The lowest BCUT2D eigenvalue weighted by atomic mass is 9.83. The first-order valence-electron chi connectivity index (χ1n) is 49.4. The molecule has 1 aliphatic rings. The summed E-state index contributed by atoms with van der Waals surface area (Å²) in [6.07, 6.45) is 49.2. The molecule has 1 aliphatic heterocycles. The number of fused-ring (bicyclic) bond motifs is 2. The third-order valence-corrected chi connectivity index (χ3v) is 37.3. The Hall–Kier alpha value is -6.64. The number of rotatable bonds is 51. The van der Waals surface area contributed by atoms with Crippen molar-refractivity contribution >= 4 is 151 Å². The fraction of sp³-hybridized carbons (Fsp3) is 0.474. The third-order valence-electron chi connectivity index (χ3n) is 26.8. The lowest BCUT2D eigenvalue weighted by Crippen LogP contribution is -2.41. The highest BCUT2D eigenvalue weighted by Crippen LogP contribution is 2.57. The van der Waals surface area contributed by atoms with Crippen LogP contribution in [0, 0.1) is 0 Å². The highest BCUT2D eigenvalue weighted by Gasteiger charge is 2.39. The van der Waals surface area contributed by atoms with Crippen molar-refractivity contribution in [1.82, 2.24) is 0 Å². The lowest BCUT2D eigenvalue weighted by Gasteiger charge is -2.32. The molecular formula is C114H139NO2S8. The van der Waals surface area contributed by atoms with Crippen LogP contribution in [0.1, 0.15) is 377 Å². The van der Waals surface area contributed by atoms with Crippen LogP contribution in [0.5, 0.6) is 0 Å². The summed E-state index contributed by atoms with van der Waals surface area (Å²) in [6.45, 7) is 27.5. The summed E-state index contributed by atoms with van der Waals surface area (Å²) in [4.78, 5) is 54.5. The minimum atomic E-state index is -0.240. The number of para-hydroxylation sites is 1. The number of carbonyl (C=O) groups is 2. The van der Waals surface area contributed by atoms with Crippen LogP contribution in [0.2, 0.25) is 0 Å². The number of carbonyl (C=O) groups excluding carboxylic acids is 2. The molecular weight excluding hydrogens is 1670 g/mol. The minimum Gasteiger partial charge on any atom is -0.268 e. The lowest BCUT2D eigenvalue weighted by molar-refractivity contribution is 0.0892. The Morgan fingerprint density at radius 2 is 0.512 bits per heavy atom. The fourth-order valence-electron chi connectivity index (χ4n) is 19.9. The Labute approximate surface area is 782 Å². The number of hydrogen-bond acceptors (Lipinski definition) is 10. The van der Waals surface area contributed by atoms with Crippen LogP contribution in [0.3, 0.4) is 0 Å². The highest BCUT2D eigenvalue weighted by molar-refractivity contribution is 7.32. The summed E-state index contributed by atoms with van der Waals surface area (Å²) in [5, 5.41) is 11.2. The van der Waals surface area contributed by atoms with E-state index in [1.165, 1.54) is 312 Å². The topological polar surface area (TPSA) is 37.4 Å². The molecule has 0 fully saturated rings. The van der Waals surface area contributed by atoms with Crippen LogP contribution in [0.15, 0.2) is 127 Å². The van der Waals surface area contributed by atoms with E-state index >= 15 is 9.59 Å². The number of imide groups is 1. The van der Waals surface area contributed by atoms with Gasteiger partial charge in [-0.05, 0) is 280 Å². The van der Waals surface area contributed by atoms with Gasteiger partial charge < -0.3 is 0 Å². The molecule has 2 amide bonds. The van der Waals surface area contributed by atoms with Crippen LogP contribution in [0.25, 0.3) is 122 Å². The molecule has 0 saturated carbocycles. The highest BCUT2D eigenvalue weighted by atomic mass is 32.1. The summed E-state index contributed by atoms with van der Waals surface area (Å²) in [6, 6.07) is 47.7. The fourth-order valence-corrected chi connectivity index (χ4v) is 30.3. The first-order chi connectivity index (χ1) is 61.2. The number of hydrogen-bond donors (Lipinski definition) is 0. The van der Waals surface area contributed by atoms with E-state index in [0.29, 0.717) is 11.1 Å². The number of anilines is 1. The van der Waals surface area contributed by atoms with Crippen LogP contribution in [-0.4, -0.2) is 11.8 Å². The Balaban J connectivity index is 0.827. The molecule has 0 radical (unpaired) electrons. The predicted molar refractivity (Wildman–Crippen MR) is 563 cm³/mol. The van der Waals surface area contributed by atoms with Crippen molar-refractivity contribution in [2.24, 2.45) is 0 Å². The minimum absolute atomic E-state index is 0.122. The van der Waals surface area contributed by atoms with E-state index in [1.54, 1.807) is 43.1 Å². The molecule has 0 unspecified atom stereocenters. The second-order valence-corrected chi connectivity index (χ2v) is 45.3. The van der Waals surface area contributed by atoms with Crippen molar-refractivity contribution in [3.8, 4) is 78.7 Å². The van der Waals surface area contributed by atoms with Crippen molar-refractivity contribution in [2.75, 3.05) is 4.90 Å². The molecule has 0 aliphatic carbocycles. The zero-order chi connectivity index (χ0) is 87.0. The second kappa shape index (κ2) is 44.8. The molecule has 6 aromatic carbocycles. The van der Waals surface area contributed by atoms with E-state index in [9.17, 15) is 0 Å². The molecule has 0 N–H and O–H groups in total. The summed E-state index contributed by atoms with van der Waals surface area (Å²) >= 11 is 16.8. The normalized spacial score (nSPS) is 12.6. The summed E-state index contributed by atoms with van der Waals surface area (Å²) in [7, 11) is 0. The molecule has 660 valence electrons. The molecule has 9 heterocycles. The third kappa shape index (κ3) is 20.7. The molecule has 0 atom stereocenters. The van der Waals surface area contributed by atoms with Crippen LogP contribution >= 0.6 is 90.7 Å². The first-order valence-corrected chi connectivity index (χ1v) is 56.0. The SMILES string of the molecule is CCCCCCc1ccsc1-c1cc(CCCCCC)c(-c2cc(CCCCCC)c(-c3cc(CCCCCC)c(-c4cc(CCCCCC)c(-c5cc(CCCCCC)c(-c6cc(CCCCCC)c(-c7cc(CCCCCC)c(-c8ccc9c%10ccc%11c%12c(ccc(c%13cccc8c%139)c%12%10)C(=O)N(c8c(C(C)C)cccc8C(C)C)C%11=O)s7)s6)s5)s4)s3)s2)s1. The summed E-state index contributed by atoms with van der Waals surface area (Å²) in [5.74, 6) is -0.236. The molecule has 14 aromatic rings. The maximum absolute atomic E-state index is 15.3. The van der Waals surface area contributed by atoms with Gasteiger partial charge in [-0.25, -0.2) is 4.90 Å². The molecule has 0 spiro atoms. The van der Waals surface area contributed by atoms with E-state index in [2.05, 4.69) is 266 Å². The Morgan fingerprint density at radius 1 is 0.248 bits per heavy atom. The second-order valence-electron chi connectivity index (χ2n) is 37.0. The number of unbranched alkanes of at least 4 members (excludes halogenated alkanes) is 24. The van der Waals surface area contributed by atoms with E-state index in [1.807, 2.05) is 34.8 Å². The number of nitrogens with zero attached hydrogens (tertiary/aromatic N) is 1. The number of amides is 2. The van der Waals surface area contributed by atoms with E-state index in [0.717, 1.165) is 89.7 Å². The van der Waals surface area contributed by atoms with E-state index in [-0.39, 0.29) is 23.7 Å². The van der Waals surface area contributed by atoms with Gasteiger partial charge in [-0.2, -0.15) is 0 Å². The van der Waals surface area contributed by atoms with Crippen LogP contribution in [0.4, 0.5) is 5.69 Å². The molecule has 8 aromatic heterocycles. The quantitative estimate of drug-likeness (QED) is 0.0165. The van der Waals surface area contributed by atoms with Gasteiger partial charge in [0.2, 0.25) is 0 Å². The van der Waals surface area contributed by atoms with Gasteiger partial charge in [-0.1, -0.05) is 298 Å². The van der Waals surface area contributed by atoms with Crippen LogP contribution in [-0.2, 0) is 51.4 Å². The Kier molecular flexibility index (Phi) is 33.3. The van der Waals surface area contributed by atoms with E-state index in [4.69, 9.17) is 0 Å². The van der Waals surface area contributed by atoms with Gasteiger partial charge in [0, 0.05) is 89.7 Å². The predicted octanol–water partition coefficient (Wildman–Crippen LogP) is 39.6. The van der Waals surface area contributed by atoms with Crippen molar-refractivity contribution in [3.05, 3.63) is 193 Å². The van der Waals surface area contributed by atoms with Gasteiger partial charge in [0.15, 0.2) is 0 Å². The monoisotopic (exact) mass is 1810 g/mol. The maximum atomic E-state index is 15.3.